The van der Waals surface area contributed by atoms with Crippen molar-refractivity contribution in [3.05, 3.63) is 69.8 Å². The van der Waals surface area contributed by atoms with Crippen molar-refractivity contribution in [1.82, 2.24) is 4.90 Å². The van der Waals surface area contributed by atoms with Gasteiger partial charge in [-0.05, 0) is 88.5 Å². The van der Waals surface area contributed by atoms with Crippen molar-refractivity contribution in [2.24, 2.45) is 0 Å². The third-order valence-corrected chi connectivity index (χ3v) is 5.52. The average Bonchev–Trinajstić information content (AvgIpc) is 2.71. The van der Waals surface area contributed by atoms with Crippen molar-refractivity contribution in [3.8, 4) is 5.75 Å². The lowest BCUT2D eigenvalue weighted by atomic mass is 9.96. The van der Waals surface area contributed by atoms with E-state index in [0.717, 1.165) is 35.5 Å². The number of ether oxygens (including phenoxy) is 2. The Bertz CT molecular complexity index is 871. The Morgan fingerprint density at radius 3 is 2.29 bits per heavy atom. The topological polar surface area (TPSA) is 38.8 Å². The maximum absolute atomic E-state index is 12.1. The summed E-state index contributed by atoms with van der Waals surface area (Å²) in [7, 11) is 1.71. The smallest absolute Gasteiger partial charge is 0.332 e. The fourth-order valence-corrected chi connectivity index (χ4v) is 3.40. The highest BCUT2D eigenvalue weighted by Crippen LogP contribution is 2.28. The molecule has 4 nitrogen and oxygen atoms in total. The summed E-state index contributed by atoms with van der Waals surface area (Å²) in [6.45, 7) is 18.0. The van der Waals surface area contributed by atoms with E-state index in [1.54, 1.807) is 7.11 Å². The van der Waals surface area contributed by atoms with Crippen LogP contribution in [0.1, 0.15) is 56.9 Å². The summed E-state index contributed by atoms with van der Waals surface area (Å²) in [4.78, 5) is 14.2. The van der Waals surface area contributed by atoms with Crippen LogP contribution in [0.4, 0.5) is 0 Å². The minimum Gasteiger partial charge on any atom is -0.496 e. The van der Waals surface area contributed by atoms with Gasteiger partial charge in [0.1, 0.15) is 5.75 Å². The summed E-state index contributed by atoms with van der Waals surface area (Å²) in [6, 6.07) is 2.08. The number of carbonyl (C=O) groups excluding carboxylic acids is 1. The highest BCUT2D eigenvalue weighted by Gasteiger charge is 2.13. The van der Waals surface area contributed by atoms with Crippen LogP contribution in [0.25, 0.3) is 6.08 Å². The number of hydrogen-bond acceptors (Lipinski definition) is 4. The molecule has 170 valence electrons. The zero-order valence-electron chi connectivity index (χ0n) is 20.7. The number of aryl methyl sites for hydroxylation is 1. The largest absolute Gasteiger partial charge is 0.496 e. The summed E-state index contributed by atoms with van der Waals surface area (Å²) >= 11 is 0. The van der Waals surface area contributed by atoms with Gasteiger partial charge < -0.3 is 9.47 Å². The van der Waals surface area contributed by atoms with E-state index < -0.39 is 0 Å². The Morgan fingerprint density at radius 2 is 1.71 bits per heavy atom. The maximum Gasteiger partial charge on any atom is 0.332 e. The van der Waals surface area contributed by atoms with Gasteiger partial charge in [0.2, 0.25) is 0 Å². The summed E-state index contributed by atoms with van der Waals surface area (Å²) in [6.07, 6.45) is 11.4. The van der Waals surface area contributed by atoms with Crippen LogP contribution in [0.15, 0.2) is 47.6 Å². The monoisotopic (exact) mass is 425 g/mol. The Balaban J connectivity index is 2.80. The summed E-state index contributed by atoms with van der Waals surface area (Å²) in [5.41, 5.74) is 6.77. The van der Waals surface area contributed by atoms with Crippen LogP contribution in [-0.2, 0) is 9.53 Å². The van der Waals surface area contributed by atoms with E-state index in [1.807, 2.05) is 32.1 Å². The van der Waals surface area contributed by atoms with E-state index in [9.17, 15) is 4.79 Å². The van der Waals surface area contributed by atoms with E-state index in [0.29, 0.717) is 0 Å². The molecule has 0 saturated heterocycles. The lowest BCUT2D eigenvalue weighted by Gasteiger charge is -2.25. The summed E-state index contributed by atoms with van der Waals surface area (Å²) in [5, 5.41) is 0. The molecule has 0 spiro atoms. The molecule has 1 atom stereocenters. The molecular weight excluding hydrogens is 386 g/mol. The molecule has 1 rings (SSSR count). The van der Waals surface area contributed by atoms with E-state index in [2.05, 4.69) is 64.7 Å². The van der Waals surface area contributed by atoms with Crippen LogP contribution >= 0.6 is 0 Å². The minimum atomic E-state index is -0.317. The highest BCUT2D eigenvalue weighted by atomic mass is 16.6. The molecule has 0 saturated carbocycles. The van der Waals surface area contributed by atoms with E-state index in [1.165, 1.54) is 22.8 Å². The molecule has 0 bridgehead atoms. The van der Waals surface area contributed by atoms with Gasteiger partial charge in [0.25, 0.3) is 0 Å². The van der Waals surface area contributed by atoms with Crippen molar-refractivity contribution < 1.29 is 14.3 Å². The fraction of sp³-hybridized carbons (Fsp3) is 0.444. The van der Waals surface area contributed by atoms with Crippen LogP contribution in [-0.4, -0.2) is 37.3 Å². The highest BCUT2D eigenvalue weighted by molar-refractivity contribution is 5.83. The molecule has 1 aromatic rings. The van der Waals surface area contributed by atoms with Gasteiger partial charge in [0, 0.05) is 6.08 Å². The summed E-state index contributed by atoms with van der Waals surface area (Å²) in [5.74, 6) is 0.609. The molecule has 0 heterocycles. The van der Waals surface area contributed by atoms with E-state index in [-0.39, 0.29) is 12.2 Å². The third-order valence-electron chi connectivity index (χ3n) is 5.52. The first-order chi connectivity index (χ1) is 14.6. The van der Waals surface area contributed by atoms with Crippen LogP contribution in [0.5, 0.6) is 5.75 Å². The average molecular weight is 426 g/mol. The number of rotatable bonds is 10. The van der Waals surface area contributed by atoms with Gasteiger partial charge in [-0.1, -0.05) is 49.8 Å². The van der Waals surface area contributed by atoms with Gasteiger partial charge in [0.15, 0.2) is 6.23 Å². The van der Waals surface area contributed by atoms with Crippen molar-refractivity contribution in [2.75, 3.05) is 20.2 Å². The molecule has 0 radical (unpaired) electrons. The van der Waals surface area contributed by atoms with Crippen LogP contribution < -0.4 is 4.74 Å². The van der Waals surface area contributed by atoms with Crippen LogP contribution in [0.2, 0.25) is 0 Å². The van der Waals surface area contributed by atoms with Gasteiger partial charge in [-0.3, -0.25) is 4.90 Å². The number of benzene rings is 1. The first-order valence-corrected chi connectivity index (χ1v) is 10.9. The number of esters is 1. The Kier molecular flexibility index (Phi) is 11.1. The normalized spacial score (nSPS) is 14.0. The lowest BCUT2D eigenvalue weighted by molar-refractivity contribution is -0.151. The number of hydrogen-bond donors (Lipinski definition) is 0. The third kappa shape index (κ3) is 8.22. The SMILES string of the molecule is CCN(CC)C(C)OC(=O)/C=C(C)/C=C/C=C(C)/C=C/c1c(C)cc(OC)c(C)c1C. The first-order valence-electron chi connectivity index (χ1n) is 10.9. The predicted molar refractivity (Wildman–Crippen MR) is 131 cm³/mol. The molecule has 4 heteroatoms. The maximum atomic E-state index is 12.1. The molecule has 0 aliphatic rings. The van der Waals surface area contributed by atoms with Gasteiger partial charge in [-0.2, -0.15) is 0 Å². The second-order valence-corrected chi connectivity index (χ2v) is 7.81. The van der Waals surface area contributed by atoms with Gasteiger partial charge >= 0.3 is 5.97 Å². The van der Waals surface area contributed by atoms with Crippen molar-refractivity contribution in [3.63, 3.8) is 0 Å². The quantitative estimate of drug-likeness (QED) is 0.190. The zero-order chi connectivity index (χ0) is 23.6. The Labute approximate surface area is 188 Å². The molecule has 1 aromatic carbocycles. The first kappa shape index (κ1) is 26.4. The van der Waals surface area contributed by atoms with Gasteiger partial charge in [-0.25, -0.2) is 4.79 Å². The molecular formula is C27H39NO3. The van der Waals surface area contributed by atoms with Crippen molar-refractivity contribution in [1.29, 1.82) is 0 Å². The van der Waals surface area contributed by atoms with E-state index >= 15 is 0 Å². The van der Waals surface area contributed by atoms with Crippen LogP contribution in [0.3, 0.4) is 0 Å². The minimum absolute atomic E-state index is 0.226. The van der Waals surface area contributed by atoms with Crippen molar-refractivity contribution in [2.45, 2.75) is 61.6 Å². The molecule has 0 aliphatic heterocycles. The number of nitrogens with zero attached hydrogens (tertiary/aromatic N) is 1. The summed E-state index contributed by atoms with van der Waals surface area (Å²) < 4.78 is 10.9. The molecule has 0 amide bonds. The second kappa shape index (κ2) is 13.0. The Morgan fingerprint density at radius 1 is 1.06 bits per heavy atom. The number of methoxy groups -OCH3 is 1. The molecule has 0 aromatic heterocycles. The van der Waals surface area contributed by atoms with Gasteiger partial charge in [-0.15, -0.1) is 0 Å². The fourth-order valence-electron chi connectivity index (χ4n) is 3.40. The van der Waals surface area contributed by atoms with Gasteiger partial charge in [0.05, 0.1) is 7.11 Å². The molecule has 0 fully saturated rings. The molecule has 0 N–H and O–H groups in total. The zero-order valence-corrected chi connectivity index (χ0v) is 20.7. The molecule has 31 heavy (non-hydrogen) atoms. The van der Waals surface area contributed by atoms with E-state index in [4.69, 9.17) is 9.47 Å². The molecule has 1 unspecified atom stereocenters. The number of carbonyl (C=O) groups is 1. The predicted octanol–water partition coefficient (Wildman–Crippen LogP) is 6.31. The second-order valence-electron chi connectivity index (χ2n) is 7.81. The number of allylic oxidation sites excluding steroid dienone is 6. The van der Waals surface area contributed by atoms with Crippen LogP contribution in [0, 0.1) is 20.8 Å². The standard InChI is InChI=1S/C27H39NO3/c1-10-28(11-2)24(8)31-27(29)17-20(4)14-12-13-19(3)15-16-25-21(5)18-26(30-9)23(7)22(25)6/h12-18,24H,10-11H2,1-9H3/b14-12+,16-15+,19-13+,20-17+. The molecule has 0 aliphatic carbocycles. The lowest BCUT2D eigenvalue weighted by Crippen LogP contribution is -2.36. The van der Waals surface area contributed by atoms with Crippen molar-refractivity contribution >= 4 is 12.0 Å². The Hall–Kier alpha value is -2.59.